The number of hydrogen-bond donors (Lipinski definition) is 2. The molecule has 0 aromatic carbocycles. The van der Waals surface area contributed by atoms with Crippen LogP contribution in [0.1, 0.15) is 25.6 Å². The van der Waals surface area contributed by atoms with Crippen molar-refractivity contribution in [2.75, 3.05) is 6.61 Å². The number of rotatable bonds is 4. The normalized spacial score (nSPS) is 12.9. The Balaban J connectivity index is 2.34. The lowest BCUT2D eigenvalue weighted by atomic mass is 9.96. The fraction of sp³-hybridized carbons (Fsp3) is 0.385. The van der Waals surface area contributed by atoms with Crippen LogP contribution >= 0.6 is 0 Å². The Labute approximate surface area is 101 Å². The summed E-state index contributed by atoms with van der Waals surface area (Å²) in [5.74, 6) is 1.01. The minimum atomic E-state index is -0.00934. The Kier molecular flexibility index (Phi) is 3.54. The van der Waals surface area contributed by atoms with Crippen LogP contribution in [0.5, 0.6) is 0 Å². The molecule has 0 aliphatic carbocycles. The van der Waals surface area contributed by atoms with E-state index in [2.05, 4.69) is 28.8 Å². The van der Waals surface area contributed by atoms with E-state index in [9.17, 15) is 5.11 Å². The van der Waals surface area contributed by atoms with Crippen molar-refractivity contribution in [3.8, 4) is 11.4 Å². The molecule has 0 fully saturated rings. The maximum Gasteiger partial charge on any atom is 0.134 e. The van der Waals surface area contributed by atoms with Gasteiger partial charge in [-0.05, 0) is 24.1 Å². The molecule has 1 unspecified atom stereocenters. The fourth-order valence-electron chi connectivity index (χ4n) is 1.78. The molecule has 4 heteroatoms. The Hall–Kier alpha value is -1.68. The minimum Gasteiger partial charge on any atom is -0.396 e. The number of hydrogen-bond acceptors (Lipinski definition) is 3. The van der Waals surface area contributed by atoms with Crippen LogP contribution < -0.4 is 0 Å². The zero-order chi connectivity index (χ0) is 12.3. The van der Waals surface area contributed by atoms with Crippen LogP contribution in [0.4, 0.5) is 0 Å². The maximum atomic E-state index is 9.38. The van der Waals surface area contributed by atoms with Crippen molar-refractivity contribution in [1.29, 1.82) is 0 Å². The van der Waals surface area contributed by atoms with Gasteiger partial charge in [-0.15, -0.1) is 0 Å². The molecule has 0 aliphatic rings. The van der Waals surface area contributed by atoms with Crippen molar-refractivity contribution in [1.82, 2.24) is 15.0 Å². The standard InChI is InChI=1S/C13H17N3O/c1-9(2)10(8-17)13-15-7-5-12(16-13)11-4-3-6-14-11/h3-7,9-10,14,17H,8H2,1-2H3. The quantitative estimate of drug-likeness (QED) is 0.848. The number of aliphatic hydroxyl groups excluding tert-OH is 1. The summed E-state index contributed by atoms with van der Waals surface area (Å²) in [4.78, 5) is 11.9. The van der Waals surface area contributed by atoms with Gasteiger partial charge in [-0.3, -0.25) is 0 Å². The smallest absolute Gasteiger partial charge is 0.134 e. The van der Waals surface area contributed by atoms with Crippen molar-refractivity contribution in [2.45, 2.75) is 19.8 Å². The van der Waals surface area contributed by atoms with E-state index >= 15 is 0 Å². The lowest BCUT2D eigenvalue weighted by Crippen LogP contribution is -2.14. The Morgan fingerprint density at radius 2 is 2.18 bits per heavy atom. The molecular weight excluding hydrogens is 214 g/mol. The number of nitrogens with one attached hydrogen (secondary N) is 1. The van der Waals surface area contributed by atoms with Crippen LogP contribution in [0.3, 0.4) is 0 Å². The summed E-state index contributed by atoms with van der Waals surface area (Å²) in [6.07, 6.45) is 3.60. The number of nitrogens with zero attached hydrogens (tertiary/aromatic N) is 2. The van der Waals surface area contributed by atoms with E-state index in [1.165, 1.54) is 0 Å². The summed E-state index contributed by atoms with van der Waals surface area (Å²) in [7, 11) is 0. The second-order valence-corrected chi connectivity index (χ2v) is 4.42. The molecule has 2 aromatic heterocycles. The summed E-state index contributed by atoms with van der Waals surface area (Å²) >= 11 is 0. The lowest BCUT2D eigenvalue weighted by Gasteiger charge is -2.16. The molecule has 0 bridgehead atoms. The third kappa shape index (κ3) is 2.53. The molecule has 2 aromatic rings. The Morgan fingerprint density at radius 3 is 2.76 bits per heavy atom. The molecule has 4 nitrogen and oxygen atoms in total. The second-order valence-electron chi connectivity index (χ2n) is 4.42. The van der Waals surface area contributed by atoms with Gasteiger partial charge in [-0.25, -0.2) is 9.97 Å². The zero-order valence-corrected chi connectivity index (χ0v) is 10.1. The topological polar surface area (TPSA) is 61.8 Å². The van der Waals surface area contributed by atoms with E-state index in [1.54, 1.807) is 6.20 Å². The van der Waals surface area contributed by atoms with Gasteiger partial charge < -0.3 is 10.1 Å². The monoisotopic (exact) mass is 231 g/mol. The van der Waals surface area contributed by atoms with E-state index in [1.807, 2.05) is 24.4 Å². The predicted molar refractivity (Wildman–Crippen MR) is 66.5 cm³/mol. The van der Waals surface area contributed by atoms with E-state index in [0.29, 0.717) is 11.7 Å². The van der Waals surface area contributed by atoms with Crippen molar-refractivity contribution in [3.63, 3.8) is 0 Å². The summed E-state index contributed by atoms with van der Waals surface area (Å²) in [6, 6.07) is 5.77. The molecule has 0 saturated carbocycles. The van der Waals surface area contributed by atoms with Gasteiger partial charge in [-0.1, -0.05) is 13.8 Å². The highest BCUT2D eigenvalue weighted by Crippen LogP contribution is 2.22. The molecule has 17 heavy (non-hydrogen) atoms. The summed E-state index contributed by atoms with van der Waals surface area (Å²) < 4.78 is 0. The maximum absolute atomic E-state index is 9.38. The lowest BCUT2D eigenvalue weighted by molar-refractivity contribution is 0.232. The van der Waals surface area contributed by atoms with Gasteiger partial charge in [0, 0.05) is 18.3 Å². The highest BCUT2D eigenvalue weighted by atomic mass is 16.3. The van der Waals surface area contributed by atoms with Crippen LogP contribution in [-0.2, 0) is 0 Å². The second kappa shape index (κ2) is 5.10. The highest BCUT2D eigenvalue weighted by molar-refractivity contribution is 5.53. The number of aromatic amines is 1. The average molecular weight is 231 g/mol. The molecule has 0 spiro atoms. The molecule has 0 saturated heterocycles. The van der Waals surface area contributed by atoms with Gasteiger partial charge in [0.25, 0.3) is 0 Å². The van der Waals surface area contributed by atoms with Crippen LogP contribution in [0.25, 0.3) is 11.4 Å². The van der Waals surface area contributed by atoms with Crippen molar-refractivity contribution in [2.24, 2.45) is 5.92 Å². The van der Waals surface area contributed by atoms with Gasteiger partial charge in [0.05, 0.1) is 18.0 Å². The van der Waals surface area contributed by atoms with E-state index in [-0.39, 0.29) is 12.5 Å². The first-order valence-corrected chi connectivity index (χ1v) is 5.80. The van der Waals surface area contributed by atoms with Crippen LogP contribution in [0.15, 0.2) is 30.6 Å². The largest absolute Gasteiger partial charge is 0.396 e. The van der Waals surface area contributed by atoms with Crippen LogP contribution in [0, 0.1) is 5.92 Å². The first-order chi connectivity index (χ1) is 8.22. The number of H-pyrrole nitrogens is 1. The molecule has 90 valence electrons. The predicted octanol–water partition coefficient (Wildman–Crippen LogP) is 2.20. The van der Waals surface area contributed by atoms with Crippen molar-refractivity contribution < 1.29 is 5.11 Å². The fourth-order valence-corrected chi connectivity index (χ4v) is 1.78. The molecule has 2 rings (SSSR count). The summed E-state index contributed by atoms with van der Waals surface area (Å²) in [5, 5.41) is 9.38. The van der Waals surface area contributed by atoms with E-state index in [0.717, 1.165) is 11.4 Å². The highest BCUT2D eigenvalue weighted by Gasteiger charge is 2.18. The third-order valence-electron chi connectivity index (χ3n) is 2.88. The Bertz CT molecular complexity index is 465. The first-order valence-electron chi connectivity index (χ1n) is 5.80. The average Bonchev–Trinajstić information content (AvgIpc) is 2.83. The zero-order valence-electron chi connectivity index (χ0n) is 10.1. The van der Waals surface area contributed by atoms with Gasteiger partial charge in [0.1, 0.15) is 5.82 Å². The summed E-state index contributed by atoms with van der Waals surface area (Å²) in [6.45, 7) is 4.20. The van der Waals surface area contributed by atoms with Gasteiger partial charge in [0.2, 0.25) is 0 Å². The van der Waals surface area contributed by atoms with Crippen molar-refractivity contribution >= 4 is 0 Å². The molecule has 0 radical (unpaired) electrons. The molecule has 2 heterocycles. The minimum absolute atomic E-state index is 0.00934. The molecule has 2 N–H and O–H groups in total. The van der Waals surface area contributed by atoms with E-state index in [4.69, 9.17) is 0 Å². The molecule has 0 aliphatic heterocycles. The molecule has 0 amide bonds. The van der Waals surface area contributed by atoms with Crippen LogP contribution in [0.2, 0.25) is 0 Å². The van der Waals surface area contributed by atoms with Crippen molar-refractivity contribution in [3.05, 3.63) is 36.4 Å². The Morgan fingerprint density at radius 1 is 1.35 bits per heavy atom. The molecular formula is C13H17N3O. The SMILES string of the molecule is CC(C)C(CO)c1nccc(-c2ccc[nH]2)n1. The van der Waals surface area contributed by atoms with E-state index < -0.39 is 0 Å². The van der Waals surface area contributed by atoms with Crippen LogP contribution in [-0.4, -0.2) is 26.7 Å². The number of aliphatic hydroxyl groups is 1. The first kappa shape index (κ1) is 11.8. The molecule has 1 atom stereocenters. The van der Waals surface area contributed by atoms with Gasteiger partial charge >= 0.3 is 0 Å². The number of aromatic nitrogens is 3. The third-order valence-corrected chi connectivity index (χ3v) is 2.88. The van der Waals surface area contributed by atoms with Gasteiger partial charge in [-0.2, -0.15) is 0 Å². The van der Waals surface area contributed by atoms with Gasteiger partial charge in [0.15, 0.2) is 0 Å². The summed E-state index contributed by atoms with van der Waals surface area (Å²) in [5.41, 5.74) is 1.83.